The third kappa shape index (κ3) is 41.9. The van der Waals surface area contributed by atoms with Crippen molar-refractivity contribution in [3.63, 3.8) is 0 Å². The van der Waals surface area contributed by atoms with Gasteiger partial charge in [-0.25, -0.2) is 0 Å². The molecule has 0 aliphatic carbocycles. The number of rotatable bonds is 32. The Kier molecular flexibility index (Phi) is 38.1. The number of aliphatic carboxylic acids is 2. The van der Waals surface area contributed by atoms with Crippen molar-refractivity contribution in [2.75, 3.05) is 13.6 Å². The van der Waals surface area contributed by atoms with Gasteiger partial charge >= 0.3 is 11.9 Å². The number of carboxylic acids is 2. The second-order valence-electron chi connectivity index (χ2n) is 12.7. The van der Waals surface area contributed by atoms with Crippen molar-refractivity contribution in [2.24, 2.45) is 0 Å². The van der Waals surface area contributed by atoms with Crippen LogP contribution in [-0.2, 0) is 14.4 Å². The predicted molar refractivity (Wildman–Crippen MR) is 192 cm³/mol. The lowest BCUT2D eigenvalue weighted by Crippen LogP contribution is -2.31. The number of amides is 1. The Morgan fingerprint density at radius 2 is 0.756 bits per heavy atom. The van der Waals surface area contributed by atoms with Crippen molar-refractivity contribution >= 4 is 17.8 Å². The molecule has 0 bridgehead atoms. The molecule has 0 aromatic rings. The maximum Gasteiger partial charge on any atom is 0.323 e. The smallest absolute Gasteiger partial charge is 0.323 e. The minimum Gasteiger partial charge on any atom is -0.481 e. The van der Waals surface area contributed by atoms with E-state index in [9.17, 15) is 14.4 Å². The van der Waals surface area contributed by atoms with Gasteiger partial charge in [-0.15, -0.1) is 0 Å². The van der Waals surface area contributed by atoms with Crippen LogP contribution < -0.4 is 0 Å². The van der Waals surface area contributed by atoms with Crippen molar-refractivity contribution in [1.82, 2.24) is 4.90 Å². The first kappa shape index (κ1) is 45.0. The number of carbonyl (C=O) groups is 3. The minimum atomic E-state index is -0.958. The van der Waals surface area contributed by atoms with E-state index in [2.05, 4.69) is 38.2 Å². The van der Waals surface area contributed by atoms with E-state index in [1.807, 2.05) is 0 Å². The highest BCUT2D eigenvalue weighted by Crippen LogP contribution is 2.12. The molecule has 0 saturated carbocycles. The van der Waals surface area contributed by atoms with Crippen LogP contribution in [0.3, 0.4) is 0 Å². The molecule has 0 aromatic carbocycles. The molecule has 264 valence electrons. The van der Waals surface area contributed by atoms with Gasteiger partial charge in [-0.2, -0.15) is 0 Å². The summed E-state index contributed by atoms with van der Waals surface area (Å²) in [5, 5.41) is 17.1. The van der Waals surface area contributed by atoms with E-state index in [1.165, 1.54) is 133 Å². The molecule has 45 heavy (non-hydrogen) atoms. The van der Waals surface area contributed by atoms with E-state index in [0.717, 1.165) is 38.5 Å². The van der Waals surface area contributed by atoms with Crippen LogP contribution in [0.4, 0.5) is 0 Å². The second-order valence-corrected chi connectivity index (χ2v) is 12.7. The Morgan fingerprint density at radius 1 is 0.444 bits per heavy atom. The molecule has 0 radical (unpaired) electrons. The van der Waals surface area contributed by atoms with Crippen LogP contribution >= 0.6 is 0 Å². The average Bonchev–Trinajstić information content (AvgIpc) is 3.00. The number of hydrogen-bond acceptors (Lipinski definition) is 3. The summed E-state index contributed by atoms with van der Waals surface area (Å²) < 4.78 is 0. The van der Waals surface area contributed by atoms with Gasteiger partial charge < -0.3 is 15.1 Å². The number of hydrogen-bond donors (Lipinski definition) is 2. The molecule has 0 atom stereocenters. The predicted octanol–water partition coefficient (Wildman–Crippen LogP) is 11.7. The number of carbonyl (C=O) groups excluding carboxylic acids is 1. The minimum absolute atomic E-state index is 0.0694. The number of unbranched alkanes of at least 4 members (excludes halogenated alkanes) is 22. The lowest BCUT2D eigenvalue weighted by Gasteiger charge is -2.14. The first-order valence-corrected chi connectivity index (χ1v) is 18.8. The molecule has 1 amide bonds. The monoisotopic (exact) mass is 636 g/mol. The number of allylic oxidation sites excluding steroid dienone is 4. The second kappa shape index (κ2) is 38.1. The van der Waals surface area contributed by atoms with E-state index in [0.29, 0.717) is 12.8 Å². The topological polar surface area (TPSA) is 94.9 Å². The maximum atomic E-state index is 11.7. The Labute approximate surface area is 278 Å². The number of nitrogens with zero attached hydrogens (tertiary/aromatic N) is 1. The van der Waals surface area contributed by atoms with E-state index < -0.39 is 11.9 Å². The summed E-state index contributed by atoms with van der Waals surface area (Å²) in [6.45, 7) is 4.31. The molecular weight excluding hydrogens is 562 g/mol. The van der Waals surface area contributed by atoms with Crippen LogP contribution in [0, 0.1) is 0 Å². The van der Waals surface area contributed by atoms with Crippen molar-refractivity contribution < 1.29 is 24.6 Å². The first-order valence-electron chi connectivity index (χ1n) is 18.8. The molecule has 0 saturated heterocycles. The van der Waals surface area contributed by atoms with Crippen LogP contribution in [0.1, 0.15) is 194 Å². The largest absolute Gasteiger partial charge is 0.481 e. The summed E-state index contributed by atoms with van der Waals surface area (Å²) in [7, 11) is 1.55. The molecular formula is C39H73NO5. The molecule has 0 aromatic heterocycles. The van der Waals surface area contributed by atoms with Crippen molar-refractivity contribution in [1.29, 1.82) is 0 Å². The average molecular weight is 636 g/mol. The highest BCUT2D eigenvalue weighted by molar-refractivity contribution is 5.80. The molecule has 0 unspecified atom stereocenters. The molecule has 6 heteroatoms. The Hall–Kier alpha value is -2.11. The maximum absolute atomic E-state index is 11.7. The highest BCUT2D eigenvalue weighted by Gasteiger charge is 2.11. The van der Waals surface area contributed by atoms with Crippen molar-refractivity contribution in [3.8, 4) is 0 Å². The zero-order valence-corrected chi connectivity index (χ0v) is 29.9. The van der Waals surface area contributed by atoms with Crippen molar-refractivity contribution in [3.05, 3.63) is 24.3 Å². The highest BCUT2D eigenvalue weighted by atomic mass is 16.4. The third-order valence-electron chi connectivity index (χ3n) is 8.10. The Morgan fingerprint density at radius 3 is 1.09 bits per heavy atom. The molecule has 0 fully saturated rings. The summed E-state index contributed by atoms with van der Waals surface area (Å²) in [5.41, 5.74) is 0. The first-order chi connectivity index (χ1) is 21.8. The fourth-order valence-corrected chi connectivity index (χ4v) is 5.18. The fraction of sp³-hybridized carbons (Fsp3) is 0.821. The standard InChI is InChI=1S/C21H39NO3.C18H34O2/c1-3-4-5-6-7-8-9-10-11-12-13-14-15-16-17-18-20(23)22(2)19-21(24)25;1-2-3-4-5-6-7-8-9-10-11-12-13-14-15-16-17-18(19)20/h10-11H,3-9,12-19H2,1-2H3,(H,24,25);9-10H,2-8,11-17H2,1H3,(H,19,20). The zero-order valence-electron chi connectivity index (χ0n) is 29.9. The van der Waals surface area contributed by atoms with Crippen LogP contribution in [0.15, 0.2) is 24.3 Å². The lowest BCUT2D eigenvalue weighted by molar-refractivity contribution is -0.143. The molecule has 2 N–H and O–H groups in total. The van der Waals surface area contributed by atoms with Gasteiger partial charge in [-0.3, -0.25) is 14.4 Å². The fourth-order valence-electron chi connectivity index (χ4n) is 5.18. The van der Waals surface area contributed by atoms with E-state index >= 15 is 0 Å². The van der Waals surface area contributed by atoms with E-state index in [-0.39, 0.29) is 12.5 Å². The van der Waals surface area contributed by atoms with Gasteiger partial charge in [0.1, 0.15) is 6.54 Å². The van der Waals surface area contributed by atoms with Gasteiger partial charge in [0.25, 0.3) is 0 Å². The summed E-state index contributed by atoms with van der Waals surface area (Å²) in [6, 6.07) is 0. The summed E-state index contributed by atoms with van der Waals surface area (Å²) >= 11 is 0. The summed E-state index contributed by atoms with van der Waals surface area (Å²) in [6.07, 6.45) is 42.4. The molecule has 0 aliphatic heterocycles. The quantitative estimate of drug-likeness (QED) is 0.0566. The Balaban J connectivity index is 0. The van der Waals surface area contributed by atoms with Gasteiger partial charge in [0.2, 0.25) is 5.91 Å². The third-order valence-corrected chi connectivity index (χ3v) is 8.10. The van der Waals surface area contributed by atoms with Gasteiger partial charge in [0, 0.05) is 19.9 Å². The SMILES string of the molecule is CCCCCCCCC=CCCCCCCCC(=O)N(C)CC(=O)O.CCCCCCCCC=CCCCCCCCC(=O)O. The van der Waals surface area contributed by atoms with Crippen LogP contribution in [0.5, 0.6) is 0 Å². The van der Waals surface area contributed by atoms with Crippen molar-refractivity contribution in [2.45, 2.75) is 194 Å². The zero-order chi connectivity index (χ0) is 33.6. The van der Waals surface area contributed by atoms with Gasteiger partial charge in [0.05, 0.1) is 0 Å². The van der Waals surface area contributed by atoms with E-state index in [4.69, 9.17) is 10.2 Å². The van der Waals surface area contributed by atoms with Gasteiger partial charge in [0.15, 0.2) is 0 Å². The molecule has 0 aliphatic rings. The lowest BCUT2D eigenvalue weighted by atomic mass is 10.1. The Bertz CT molecular complexity index is 718. The van der Waals surface area contributed by atoms with Crippen LogP contribution in [-0.4, -0.2) is 46.6 Å². The van der Waals surface area contributed by atoms with Crippen LogP contribution in [0.25, 0.3) is 0 Å². The number of likely N-dealkylation sites (N-methyl/N-ethyl adjacent to an activating group) is 1. The number of carboxylic acid groups (broad SMARTS) is 2. The molecule has 0 spiro atoms. The van der Waals surface area contributed by atoms with Gasteiger partial charge in [-0.1, -0.05) is 141 Å². The van der Waals surface area contributed by atoms with E-state index in [1.54, 1.807) is 7.05 Å². The summed E-state index contributed by atoms with van der Waals surface area (Å²) in [5.74, 6) is -1.69. The summed E-state index contributed by atoms with van der Waals surface area (Å²) in [4.78, 5) is 33.8. The normalized spacial score (nSPS) is 11.2. The molecule has 6 nitrogen and oxygen atoms in total. The molecule has 0 rings (SSSR count). The molecule has 0 heterocycles. The van der Waals surface area contributed by atoms with Gasteiger partial charge in [-0.05, 0) is 64.2 Å². The van der Waals surface area contributed by atoms with Crippen LogP contribution in [0.2, 0.25) is 0 Å².